The SMILES string of the molecule is CCc1ccc2cc(-c3c(C)cc(C)cc3C)c(C=O)n2c1. The van der Waals surface area contributed by atoms with Crippen molar-refractivity contribution in [1.82, 2.24) is 4.40 Å². The quantitative estimate of drug-likeness (QED) is 0.628. The van der Waals surface area contributed by atoms with Crippen molar-refractivity contribution in [2.75, 3.05) is 0 Å². The molecule has 22 heavy (non-hydrogen) atoms. The molecule has 3 aromatic rings. The second kappa shape index (κ2) is 5.45. The van der Waals surface area contributed by atoms with Crippen LogP contribution < -0.4 is 0 Å². The zero-order valence-electron chi connectivity index (χ0n) is 13.6. The largest absolute Gasteiger partial charge is 0.313 e. The van der Waals surface area contributed by atoms with Gasteiger partial charge in [0.2, 0.25) is 0 Å². The van der Waals surface area contributed by atoms with Crippen molar-refractivity contribution >= 4 is 11.8 Å². The first-order valence-corrected chi connectivity index (χ1v) is 7.72. The number of carbonyl (C=O) groups is 1. The molecule has 0 aliphatic rings. The monoisotopic (exact) mass is 291 g/mol. The van der Waals surface area contributed by atoms with Gasteiger partial charge in [0.1, 0.15) is 0 Å². The molecule has 0 aliphatic heterocycles. The first-order chi connectivity index (χ1) is 10.5. The van der Waals surface area contributed by atoms with Gasteiger partial charge in [-0.3, -0.25) is 4.79 Å². The van der Waals surface area contributed by atoms with E-state index in [0.717, 1.165) is 29.5 Å². The number of fused-ring (bicyclic) bond motifs is 1. The predicted molar refractivity (Wildman–Crippen MR) is 91.8 cm³/mol. The van der Waals surface area contributed by atoms with Crippen molar-refractivity contribution in [1.29, 1.82) is 0 Å². The third-order valence-electron chi connectivity index (χ3n) is 4.34. The van der Waals surface area contributed by atoms with E-state index in [2.05, 4.69) is 64.2 Å². The summed E-state index contributed by atoms with van der Waals surface area (Å²) in [6, 6.07) is 10.7. The third kappa shape index (κ3) is 2.25. The average Bonchev–Trinajstić information content (AvgIpc) is 2.83. The Bertz CT molecular complexity index is 848. The minimum Gasteiger partial charge on any atom is -0.313 e. The summed E-state index contributed by atoms with van der Waals surface area (Å²) >= 11 is 0. The van der Waals surface area contributed by atoms with Crippen molar-refractivity contribution in [3.05, 3.63) is 64.5 Å². The molecule has 112 valence electrons. The molecule has 2 heteroatoms. The zero-order chi connectivity index (χ0) is 15.9. The summed E-state index contributed by atoms with van der Waals surface area (Å²) in [7, 11) is 0. The molecule has 0 fully saturated rings. The van der Waals surface area contributed by atoms with Gasteiger partial charge in [0.15, 0.2) is 6.29 Å². The maximum absolute atomic E-state index is 11.7. The maximum atomic E-state index is 11.7. The van der Waals surface area contributed by atoms with E-state index in [9.17, 15) is 4.79 Å². The highest BCUT2D eigenvalue weighted by Crippen LogP contribution is 2.33. The number of hydrogen-bond donors (Lipinski definition) is 0. The van der Waals surface area contributed by atoms with E-state index in [-0.39, 0.29) is 0 Å². The van der Waals surface area contributed by atoms with E-state index in [1.807, 2.05) is 4.40 Å². The van der Waals surface area contributed by atoms with Crippen molar-refractivity contribution in [2.45, 2.75) is 34.1 Å². The van der Waals surface area contributed by atoms with Gasteiger partial charge in [-0.15, -0.1) is 0 Å². The smallest absolute Gasteiger partial charge is 0.167 e. The number of nitrogens with zero attached hydrogens (tertiary/aromatic N) is 1. The number of aromatic nitrogens is 1. The fraction of sp³-hybridized carbons (Fsp3) is 0.250. The molecule has 2 heterocycles. The molecule has 0 unspecified atom stereocenters. The van der Waals surface area contributed by atoms with Crippen LogP contribution in [0.2, 0.25) is 0 Å². The third-order valence-corrected chi connectivity index (χ3v) is 4.34. The molecule has 2 aromatic heterocycles. The van der Waals surface area contributed by atoms with Crippen molar-refractivity contribution < 1.29 is 4.79 Å². The van der Waals surface area contributed by atoms with Crippen molar-refractivity contribution in [3.63, 3.8) is 0 Å². The lowest BCUT2D eigenvalue weighted by Crippen LogP contribution is -1.96. The van der Waals surface area contributed by atoms with Gasteiger partial charge in [-0.05, 0) is 61.6 Å². The minimum absolute atomic E-state index is 0.736. The highest BCUT2D eigenvalue weighted by molar-refractivity contribution is 5.91. The Morgan fingerprint density at radius 1 is 1.05 bits per heavy atom. The number of rotatable bonds is 3. The minimum atomic E-state index is 0.736. The van der Waals surface area contributed by atoms with E-state index in [0.29, 0.717) is 0 Å². The number of carbonyl (C=O) groups excluding carboxylic acids is 1. The van der Waals surface area contributed by atoms with Crippen LogP contribution in [0.1, 0.15) is 39.7 Å². The molecule has 0 aliphatic carbocycles. The van der Waals surface area contributed by atoms with Crippen LogP contribution in [0.5, 0.6) is 0 Å². The second-order valence-corrected chi connectivity index (χ2v) is 6.02. The van der Waals surface area contributed by atoms with Gasteiger partial charge in [0, 0.05) is 17.3 Å². The molecular weight excluding hydrogens is 270 g/mol. The van der Waals surface area contributed by atoms with Crippen molar-refractivity contribution in [2.24, 2.45) is 0 Å². The molecule has 0 bridgehead atoms. The van der Waals surface area contributed by atoms with Gasteiger partial charge in [-0.2, -0.15) is 0 Å². The van der Waals surface area contributed by atoms with Gasteiger partial charge in [0.25, 0.3) is 0 Å². The van der Waals surface area contributed by atoms with Crippen LogP contribution in [0, 0.1) is 20.8 Å². The van der Waals surface area contributed by atoms with Gasteiger partial charge in [-0.1, -0.05) is 30.7 Å². The normalized spacial score (nSPS) is 11.1. The summed E-state index contributed by atoms with van der Waals surface area (Å²) in [6.45, 7) is 8.46. The Morgan fingerprint density at radius 2 is 1.73 bits per heavy atom. The summed E-state index contributed by atoms with van der Waals surface area (Å²) in [5.74, 6) is 0. The number of benzene rings is 1. The van der Waals surface area contributed by atoms with Crippen LogP contribution in [0.3, 0.4) is 0 Å². The van der Waals surface area contributed by atoms with Crippen LogP contribution in [0.15, 0.2) is 36.5 Å². The van der Waals surface area contributed by atoms with E-state index in [4.69, 9.17) is 0 Å². The van der Waals surface area contributed by atoms with Gasteiger partial charge in [0.05, 0.1) is 5.69 Å². The Labute approximate surface area is 131 Å². The topological polar surface area (TPSA) is 21.5 Å². The summed E-state index contributed by atoms with van der Waals surface area (Å²) in [6.07, 6.45) is 4.01. The lowest BCUT2D eigenvalue weighted by atomic mass is 9.94. The number of aryl methyl sites for hydroxylation is 4. The predicted octanol–water partition coefficient (Wildman–Crippen LogP) is 4.91. The zero-order valence-corrected chi connectivity index (χ0v) is 13.6. The second-order valence-electron chi connectivity index (χ2n) is 6.02. The fourth-order valence-electron chi connectivity index (χ4n) is 3.37. The van der Waals surface area contributed by atoms with E-state index in [1.54, 1.807) is 0 Å². The van der Waals surface area contributed by atoms with E-state index in [1.165, 1.54) is 27.8 Å². The van der Waals surface area contributed by atoms with Crippen LogP contribution in [0.4, 0.5) is 0 Å². The first-order valence-electron chi connectivity index (χ1n) is 7.72. The lowest BCUT2D eigenvalue weighted by Gasteiger charge is -2.11. The fourth-order valence-corrected chi connectivity index (χ4v) is 3.37. The standard InChI is InChI=1S/C20H21NO/c1-5-16-6-7-17-10-18(19(12-22)21(17)11-16)20-14(3)8-13(2)9-15(20)4/h6-12H,5H2,1-4H3. The summed E-state index contributed by atoms with van der Waals surface area (Å²) in [5, 5.41) is 0. The van der Waals surface area contributed by atoms with Gasteiger partial charge in [-0.25, -0.2) is 0 Å². The van der Waals surface area contributed by atoms with Gasteiger partial charge < -0.3 is 4.40 Å². The molecule has 3 rings (SSSR count). The molecule has 0 amide bonds. The molecule has 1 aromatic carbocycles. The molecule has 0 saturated heterocycles. The van der Waals surface area contributed by atoms with Gasteiger partial charge >= 0.3 is 0 Å². The van der Waals surface area contributed by atoms with Crippen LogP contribution in [-0.2, 0) is 6.42 Å². The molecule has 0 spiro atoms. The average molecular weight is 291 g/mol. The number of hydrogen-bond acceptors (Lipinski definition) is 1. The van der Waals surface area contributed by atoms with Crippen LogP contribution in [0.25, 0.3) is 16.6 Å². The Morgan fingerprint density at radius 3 is 2.32 bits per heavy atom. The molecule has 0 atom stereocenters. The maximum Gasteiger partial charge on any atom is 0.167 e. The van der Waals surface area contributed by atoms with E-state index < -0.39 is 0 Å². The summed E-state index contributed by atoms with van der Waals surface area (Å²) in [5.41, 5.74) is 8.92. The highest BCUT2D eigenvalue weighted by Gasteiger charge is 2.15. The summed E-state index contributed by atoms with van der Waals surface area (Å²) in [4.78, 5) is 11.7. The summed E-state index contributed by atoms with van der Waals surface area (Å²) < 4.78 is 2.01. The van der Waals surface area contributed by atoms with Crippen molar-refractivity contribution in [3.8, 4) is 11.1 Å². The Balaban J connectivity index is 2.34. The van der Waals surface area contributed by atoms with E-state index >= 15 is 0 Å². The number of aldehydes is 1. The molecule has 0 radical (unpaired) electrons. The first kappa shape index (κ1) is 14.6. The highest BCUT2D eigenvalue weighted by atomic mass is 16.1. The molecular formula is C20H21NO. The Hall–Kier alpha value is -2.35. The molecule has 0 saturated carbocycles. The lowest BCUT2D eigenvalue weighted by molar-refractivity contribution is 0.111. The Kier molecular flexibility index (Phi) is 3.61. The van der Waals surface area contributed by atoms with Crippen LogP contribution >= 0.6 is 0 Å². The molecule has 2 nitrogen and oxygen atoms in total. The molecule has 0 N–H and O–H groups in total. The van der Waals surface area contributed by atoms with Crippen LogP contribution in [-0.4, -0.2) is 10.7 Å². The number of pyridine rings is 1.